The van der Waals surface area contributed by atoms with Crippen LogP contribution in [0.15, 0.2) is 42.5 Å². The van der Waals surface area contributed by atoms with Gasteiger partial charge in [0.05, 0.1) is 11.0 Å². The van der Waals surface area contributed by atoms with E-state index in [0.29, 0.717) is 37.5 Å². The maximum Gasteiger partial charge on any atom is 0.286 e. The van der Waals surface area contributed by atoms with Gasteiger partial charge in [-0.1, -0.05) is 18.2 Å². The Bertz CT molecular complexity index is 938. The number of rotatable bonds is 3. The number of hydrogen-bond donors (Lipinski definition) is 0. The zero-order valence-corrected chi connectivity index (χ0v) is 14.9. The highest BCUT2D eigenvalue weighted by Crippen LogP contribution is 2.38. The lowest BCUT2D eigenvalue weighted by Gasteiger charge is -2.34. The third-order valence-electron chi connectivity index (χ3n) is 4.79. The zero-order valence-electron chi connectivity index (χ0n) is 14.9. The average molecular weight is 383 g/mol. The van der Waals surface area contributed by atoms with E-state index >= 15 is 0 Å². The van der Waals surface area contributed by atoms with Crippen molar-refractivity contribution in [2.45, 2.75) is 0 Å². The highest BCUT2D eigenvalue weighted by Gasteiger charge is 2.32. The second kappa shape index (κ2) is 7.18. The molecule has 2 aromatic carbocycles. The van der Waals surface area contributed by atoms with Crippen molar-refractivity contribution in [3.05, 3.63) is 63.7 Å². The predicted octanol–water partition coefficient (Wildman–Crippen LogP) is 1.92. The highest BCUT2D eigenvalue weighted by molar-refractivity contribution is 5.99. The summed E-state index contributed by atoms with van der Waals surface area (Å²) in [4.78, 5) is 39.4. The Balaban J connectivity index is 1.49. The van der Waals surface area contributed by atoms with Crippen molar-refractivity contribution in [3.8, 4) is 11.5 Å². The number of carbonyl (C=O) groups is 2. The molecule has 4 rings (SSSR count). The first-order chi connectivity index (χ1) is 13.5. The fourth-order valence-corrected chi connectivity index (χ4v) is 3.30. The molecule has 1 saturated heterocycles. The van der Waals surface area contributed by atoms with Crippen LogP contribution in [-0.2, 0) is 0 Å². The van der Waals surface area contributed by atoms with Crippen molar-refractivity contribution in [2.75, 3.05) is 33.0 Å². The number of piperazine rings is 1. The standard InChI is InChI=1S/C19H17N3O6/c23-18(13-4-2-1-3-5-13)20-6-8-21(9-7-20)19(24)14-10-16-17(28-12-27-16)11-15(14)22(25)26/h1-5,10-11H,6-9,12H2. The first-order valence-corrected chi connectivity index (χ1v) is 8.76. The van der Waals surface area contributed by atoms with E-state index in [-0.39, 0.29) is 29.7 Å². The van der Waals surface area contributed by atoms with Gasteiger partial charge in [-0.2, -0.15) is 0 Å². The molecule has 2 aromatic rings. The van der Waals surface area contributed by atoms with E-state index < -0.39 is 10.8 Å². The minimum atomic E-state index is -0.607. The molecule has 0 aliphatic carbocycles. The minimum Gasteiger partial charge on any atom is -0.454 e. The molecule has 9 nitrogen and oxygen atoms in total. The summed E-state index contributed by atoms with van der Waals surface area (Å²) in [6.07, 6.45) is 0. The van der Waals surface area contributed by atoms with E-state index in [1.807, 2.05) is 6.07 Å². The Labute approximate surface area is 160 Å². The Morgan fingerprint density at radius 3 is 2.07 bits per heavy atom. The summed E-state index contributed by atoms with van der Waals surface area (Å²) < 4.78 is 10.4. The lowest BCUT2D eigenvalue weighted by molar-refractivity contribution is -0.385. The lowest BCUT2D eigenvalue weighted by atomic mass is 10.1. The van der Waals surface area contributed by atoms with E-state index in [0.717, 1.165) is 0 Å². The lowest BCUT2D eigenvalue weighted by Crippen LogP contribution is -2.50. The summed E-state index contributed by atoms with van der Waals surface area (Å²) in [5, 5.41) is 11.4. The maximum absolute atomic E-state index is 12.9. The number of nitro benzene ring substituents is 1. The summed E-state index contributed by atoms with van der Waals surface area (Å²) in [5.41, 5.74) is 0.225. The number of nitro groups is 1. The maximum atomic E-state index is 12.9. The number of amides is 2. The van der Waals surface area contributed by atoms with Gasteiger partial charge in [-0.05, 0) is 12.1 Å². The molecular formula is C19H17N3O6. The summed E-state index contributed by atoms with van der Waals surface area (Å²) >= 11 is 0. The molecule has 2 aliphatic heterocycles. The second-order valence-corrected chi connectivity index (χ2v) is 6.43. The molecule has 1 fully saturated rings. The van der Waals surface area contributed by atoms with E-state index in [4.69, 9.17) is 9.47 Å². The normalized spacial score (nSPS) is 15.4. The van der Waals surface area contributed by atoms with E-state index in [9.17, 15) is 19.7 Å². The molecule has 0 N–H and O–H groups in total. The van der Waals surface area contributed by atoms with Crippen LogP contribution in [0.25, 0.3) is 0 Å². The van der Waals surface area contributed by atoms with Gasteiger partial charge in [0.25, 0.3) is 17.5 Å². The van der Waals surface area contributed by atoms with Gasteiger partial charge in [0.1, 0.15) is 5.56 Å². The average Bonchev–Trinajstić information content (AvgIpc) is 3.20. The topological polar surface area (TPSA) is 102 Å². The van der Waals surface area contributed by atoms with Crippen LogP contribution >= 0.6 is 0 Å². The molecular weight excluding hydrogens is 366 g/mol. The highest BCUT2D eigenvalue weighted by atomic mass is 16.7. The molecule has 0 atom stereocenters. The molecule has 28 heavy (non-hydrogen) atoms. The Hall–Kier alpha value is -3.62. The van der Waals surface area contributed by atoms with Crippen LogP contribution in [0.4, 0.5) is 5.69 Å². The first kappa shape index (κ1) is 17.8. The quantitative estimate of drug-likeness (QED) is 0.593. The SMILES string of the molecule is O=C(c1ccccc1)N1CCN(C(=O)c2cc3c(cc2[N+](=O)[O-])OCO3)CC1. The molecule has 9 heteroatoms. The second-order valence-electron chi connectivity index (χ2n) is 6.43. The van der Waals surface area contributed by atoms with Crippen LogP contribution in [0, 0.1) is 10.1 Å². The molecule has 0 unspecified atom stereocenters. The van der Waals surface area contributed by atoms with Crippen molar-refractivity contribution in [1.82, 2.24) is 9.80 Å². The van der Waals surface area contributed by atoms with E-state index in [1.54, 1.807) is 29.2 Å². The number of ether oxygens (including phenoxy) is 2. The predicted molar refractivity (Wildman–Crippen MR) is 97.5 cm³/mol. The van der Waals surface area contributed by atoms with Crippen molar-refractivity contribution in [3.63, 3.8) is 0 Å². The van der Waals surface area contributed by atoms with Gasteiger partial charge in [-0.15, -0.1) is 0 Å². The zero-order chi connectivity index (χ0) is 19.7. The Morgan fingerprint density at radius 2 is 1.46 bits per heavy atom. The third kappa shape index (κ3) is 3.22. The summed E-state index contributed by atoms with van der Waals surface area (Å²) in [6.45, 7) is 1.27. The number of hydrogen-bond acceptors (Lipinski definition) is 6. The molecule has 0 bridgehead atoms. The van der Waals surface area contributed by atoms with Gasteiger partial charge in [-0.3, -0.25) is 19.7 Å². The number of fused-ring (bicyclic) bond motifs is 1. The Kier molecular flexibility index (Phi) is 4.56. The van der Waals surface area contributed by atoms with Crippen LogP contribution < -0.4 is 9.47 Å². The van der Waals surface area contributed by atoms with E-state index in [2.05, 4.69) is 0 Å². The molecule has 2 heterocycles. The van der Waals surface area contributed by atoms with Crippen molar-refractivity contribution in [1.29, 1.82) is 0 Å². The van der Waals surface area contributed by atoms with E-state index in [1.165, 1.54) is 17.0 Å². The summed E-state index contributed by atoms with van der Waals surface area (Å²) in [7, 11) is 0. The van der Waals surface area contributed by atoms with Crippen LogP contribution in [0.5, 0.6) is 11.5 Å². The first-order valence-electron chi connectivity index (χ1n) is 8.76. The molecule has 2 aliphatic rings. The van der Waals surface area contributed by atoms with Crippen LogP contribution in [0.1, 0.15) is 20.7 Å². The van der Waals surface area contributed by atoms with Gasteiger partial charge < -0.3 is 19.3 Å². The van der Waals surface area contributed by atoms with Crippen LogP contribution in [-0.4, -0.2) is 59.5 Å². The summed E-state index contributed by atoms with van der Waals surface area (Å²) in [5.74, 6) is 0.00642. The van der Waals surface area contributed by atoms with Gasteiger partial charge in [0.2, 0.25) is 6.79 Å². The smallest absolute Gasteiger partial charge is 0.286 e. The monoisotopic (exact) mass is 383 g/mol. The van der Waals surface area contributed by atoms with Crippen molar-refractivity contribution >= 4 is 17.5 Å². The number of nitrogens with zero attached hydrogens (tertiary/aromatic N) is 3. The van der Waals surface area contributed by atoms with Gasteiger partial charge in [0, 0.05) is 37.8 Å². The van der Waals surface area contributed by atoms with Gasteiger partial charge in [-0.25, -0.2) is 0 Å². The third-order valence-corrected chi connectivity index (χ3v) is 4.79. The molecule has 0 spiro atoms. The molecule has 2 amide bonds. The van der Waals surface area contributed by atoms with Gasteiger partial charge in [0.15, 0.2) is 11.5 Å². The largest absolute Gasteiger partial charge is 0.454 e. The molecule has 0 radical (unpaired) electrons. The molecule has 0 saturated carbocycles. The molecule has 144 valence electrons. The summed E-state index contributed by atoms with van der Waals surface area (Å²) in [6, 6.07) is 11.5. The fourth-order valence-electron chi connectivity index (χ4n) is 3.30. The number of carbonyl (C=O) groups excluding carboxylic acids is 2. The minimum absolute atomic E-state index is 0.0373. The Morgan fingerprint density at radius 1 is 0.893 bits per heavy atom. The molecule has 0 aromatic heterocycles. The van der Waals surface area contributed by atoms with Crippen LogP contribution in [0.3, 0.4) is 0 Å². The van der Waals surface area contributed by atoms with Crippen molar-refractivity contribution in [2.24, 2.45) is 0 Å². The fraction of sp³-hybridized carbons (Fsp3) is 0.263. The van der Waals surface area contributed by atoms with Crippen molar-refractivity contribution < 1.29 is 24.0 Å². The number of benzene rings is 2. The van der Waals surface area contributed by atoms with Crippen LogP contribution in [0.2, 0.25) is 0 Å². The van der Waals surface area contributed by atoms with Gasteiger partial charge >= 0.3 is 0 Å².